The number of carbonyl (C=O) groups is 1. The second kappa shape index (κ2) is 8.99. The highest BCUT2D eigenvalue weighted by Crippen LogP contribution is 2.33. The van der Waals surface area contributed by atoms with Gasteiger partial charge in [-0.2, -0.15) is 0 Å². The van der Waals surface area contributed by atoms with Crippen LogP contribution in [0.4, 0.5) is 11.6 Å². The molecule has 1 N–H and O–H groups in total. The third kappa shape index (κ3) is 4.29. The fourth-order valence-electron chi connectivity index (χ4n) is 4.13. The second-order valence-electron chi connectivity index (χ2n) is 8.36. The molecule has 1 aromatic carbocycles. The van der Waals surface area contributed by atoms with Crippen LogP contribution in [-0.4, -0.2) is 46.1 Å². The van der Waals surface area contributed by atoms with E-state index in [9.17, 15) is 4.79 Å². The summed E-state index contributed by atoms with van der Waals surface area (Å²) in [7, 11) is 3.82. The molecule has 3 aromatic heterocycles. The molecular weight excluding hydrogens is 416 g/mol. The van der Waals surface area contributed by atoms with Crippen LogP contribution in [0.2, 0.25) is 0 Å². The van der Waals surface area contributed by atoms with E-state index in [2.05, 4.69) is 24.8 Å². The normalized spacial score (nSPS) is 16.0. The Labute approximate surface area is 192 Å². The molecule has 1 atom stereocenters. The van der Waals surface area contributed by atoms with Gasteiger partial charge in [0.1, 0.15) is 6.23 Å². The third-order valence-corrected chi connectivity index (χ3v) is 5.85. The highest BCUT2D eigenvalue weighted by Gasteiger charge is 2.22. The topological polar surface area (TPSA) is 85.2 Å². The molecule has 0 spiro atoms. The number of hydrogen-bond donors (Lipinski definition) is 1. The van der Waals surface area contributed by atoms with E-state index < -0.39 is 0 Å². The highest BCUT2D eigenvalue weighted by molar-refractivity contribution is 6.13. The largest absolute Gasteiger partial charge is 0.358 e. The van der Waals surface area contributed by atoms with E-state index in [1.807, 2.05) is 43.4 Å². The number of rotatable bonds is 5. The summed E-state index contributed by atoms with van der Waals surface area (Å²) in [5.41, 5.74) is 4.12. The molecule has 0 aliphatic carbocycles. The van der Waals surface area contributed by atoms with Crippen molar-refractivity contribution in [2.45, 2.75) is 25.5 Å². The Morgan fingerprint density at radius 1 is 1.09 bits per heavy atom. The summed E-state index contributed by atoms with van der Waals surface area (Å²) in [6, 6.07) is 9.67. The number of ether oxygens (including phenoxy) is 1. The van der Waals surface area contributed by atoms with Gasteiger partial charge in [-0.3, -0.25) is 9.78 Å². The van der Waals surface area contributed by atoms with E-state index in [0.29, 0.717) is 17.2 Å². The van der Waals surface area contributed by atoms with Gasteiger partial charge in [-0.1, -0.05) is 6.07 Å². The average Bonchev–Trinajstić information content (AvgIpc) is 3.24. The number of anilines is 2. The molecule has 4 heterocycles. The molecule has 0 radical (unpaired) electrons. The van der Waals surface area contributed by atoms with Crippen molar-refractivity contribution in [3.05, 3.63) is 66.9 Å². The Hall–Kier alpha value is -3.78. The van der Waals surface area contributed by atoms with Gasteiger partial charge in [-0.25, -0.2) is 9.97 Å². The molecule has 1 amide bonds. The summed E-state index contributed by atoms with van der Waals surface area (Å²) in [6.07, 6.45) is 11.9. The van der Waals surface area contributed by atoms with E-state index in [0.717, 1.165) is 47.9 Å². The quantitative estimate of drug-likeness (QED) is 0.489. The minimum atomic E-state index is -0.169. The van der Waals surface area contributed by atoms with Crippen molar-refractivity contribution in [2.24, 2.45) is 0 Å². The minimum Gasteiger partial charge on any atom is -0.358 e. The summed E-state index contributed by atoms with van der Waals surface area (Å²) < 4.78 is 8.12. The monoisotopic (exact) mass is 442 g/mol. The van der Waals surface area contributed by atoms with Crippen molar-refractivity contribution in [2.75, 3.05) is 30.9 Å². The number of fused-ring (bicyclic) bond motifs is 1. The first-order valence-corrected chi connectivity index (χ1v) is 11.1. The van der Waals surface area contributed by atoms with Gasteiger partial charge in [-0.05, 0) is 49.1 Å². The molecule has 4 aromatic rings. The van der Waals surface area contributed by atoms with Crippen LogP contribution in [0.15, 0.2) is 61.3 Å². The first-order chi connectivity index (χ1) is 16.1. The second-order valence-corrected chi connectivity index (χ2v) is 8.36. The third-order valence-electron chi connectivity index (χ3n) is 5.85. The number of hydrogen-bond acceptors (Lipinski definition) is 6. The molecular formula is C25H26N6O2. The smallest absolute Gasteiger partial charge is 0.257 e. The van der Waals surface area contributed by atoms with Gasteiger partial charge in [0.05, 0.1) is 11.1 Å². The fraction of sp³-hybridized carbons (Fsp3) is 0.280. The Morgan fingerprint density at radius 3 is 2.58 bits per heavy atom. The van der Waals surface area contributed by atoms with Crippen LogP contribution < -0.4 is 10.2 Å². The van der Waals surface area contributed by atoms with E-state index in [-0.39, 0.29) is 12.1 Å². The maximum atomic E-state index is 13.3. The lowest BCUT2D eigenvalue weighted by Crippen LogP contribution is -2.17. The minimum absolute atomic E-state index is 0.0720. The van der Waals surface area contributed by atoms with Crippen LogP contribution in [0.25, 0.3) is 22.0 Å². The van der Waals surface area contributed by atoms with Gasteiger partial charge >= 0.3 is 0 Å². The SMILES string of the molecule is CN(C)c1ncc(-c2ccc3c(c2)c(C(=O)Nc2ccncc2)cn3C2CCCCO2)cn1. The van der Waals surface area contributed by atoms with Crippen LogP contribution >= 0.6 is 0 Å². The lowest BCUT2D eigenvalue weighted by Gasteiger charge is -2.24. The van der Waals surface area contributed by atoms with Crippen LogP contribution in [-0.2, 0) is 4.74 Å². The zero-order valence-electron chi connectivity index (χ0n) is 18.7. The van der Waals surface area contributed by atoms with Crippen molar-refractivity contribution in [3.8, 4) is 11.1 Å². The van der Waals surface area contributed by atoms with Crippen molar-refractivity contribution in [1.29, 1.82) is 0 Å². The van der Waals surface area contributed by atoms with Crippen molar-refractivity contribution >= 4 is 28.4 Å². The molecule has 1 saturated heterocycles. The summed E-state index contributed by atoms with van der Waals surface area (Å²) in [4.78, 5) is 28.0. The summed E-state index contributed by atoms with van der Waals surface area (Å²) in [5.74, 6) is 0.481. The van der Waals surface area contributed by atoms with Crippen molar-refractivity contribution in [1.82, 2.24) is 19.5 Å². The number of amides is 1. The molecule has 8 heteroatoms. The number of carbonyl (C=O) groups excluding carboxylic acids is 1. The Morgan fingerprint density at radius 2 is 1.88 bits per heavy atom. The summed E-state index contributed by atoms with van der Waals surface area (Å²) in [5, 5.41) is 3.85. The Bertz CT molecular complexity index is 1260. The van der Waals surface area contributed by atoms with Gasteiger partial charge in [0.2, 0.25) is 5.95 Å². The number of nitrogens with one attached hydrogen (secondary N) is 1. The van der Waals surface area contributed by atoms with Gasteiger partial charge in [-0.15, -0.1) is 0 Å². The van der Waals surface area contributed by atoms with Gasteiger partial charge in [0, 0.05) is 68.3 Å². The highest BCUT2D eigenvalue weighted by atomic mass is 16.5. The maximum absolute atomic E-state index is 13.3. The van der Waals surface area contributed by atoms with E-state index in [1.165, 1.54) is 0 Å². The molecule has 1 aliphatic heterocycles. The van der Waals surface area contributed by atoms with Crippen LogP contribution in [0.3, 0.4) is 0 Å². The molecule has 1 unspecified atom stereocenters. The first kappa shape index (κ1) is 21.1. The maximum Gasteiger partial charge on any atom is 0.257 e. The van der Waals surface area contributed by atoms with Gasteiger partial charge in [0.15, 0.2) is 0 Å². The van der Waals surface area contributed by atoms with E-state index in [1.54, 1.807) is 36.9 Å². The molecule has 1 aliphatic rings. The van der Waals surface area contributed by atoms with Crippen LogP contribution in [0, 0.1) is 0 Å². The number of benzene rings is 1. The van der Waals surface area contributed by atoms with Gasteiger partial charge in [0.25, 0.3) is 5.91 Å². The van der Waals surface area contributed by atoms with Crippen LogP contribution in [0.5, 0.6) is 0 Å². The van der Waals surface area contributed by atoms with E-state index in [4.69, 9.17) is 4.74 Å². The molecule has 33 heavy (non-hydrogen) atoms. The zero-order chi connectivity index (χ0) is 22.8. The lowest BCUT2D eigenvalue weighted by atomic mass is 10.0. The number of nitrogens with zero attached hydrogens (tertiary/aromatic N) is 5. The summed E-state index contributed by atoms with van der Waals surface area (Å²) in [6.45, 7) is 0.733. The predicted molar refractivity (Wildman–Crippen MR) is 128 cm³/mol. The van der Waals surface area contributed by atoms with Gasteiger partial charge < -0.3 is 19.5 Å². The average molecular weight is 443 g/mol. The standard InChI is InChI=1S/C25H26N6O2/c1-30(2)25-27-14-18(15-28-25)17-6-7-22-20(13-17)21(16-31(22)23-5-3-4-12-33-23)24(32)29-19-8-10-26-11-9-19/h6-11,13-16,23H,3-5,12H2,1-2H3,(H,26,29,32). The number of aromatic nitrogens is 4. The fourth-order valence-corrected chi connectivity index (χ4v) is 4.13. The van der Waals surface area contributed by atoms with Crippen molar-refractivity contribution in [3.63, 3.8) is 0 Å². The number of pyridine rings is 1. The molecule has 8 nitrogen and oxygen atoms in total. The first-order valence-electron chi connectivity index (χ1n) is 11.1. The molecule has 0 bridgehead atoms. The van der Waals surface area contributed by atoms with E-state index >= 15 is 0 Å². The molecule has 0 saturated carbocycles. The zero-order valence-corrected chi connectivity index (χ0v) is 18.7. The Balaban J connectivity index is 1.57. The molecule has 5 rings (SSSR count). The predicted octanol–water partition coefficient (Wildman–Crippen LogP) is 4.51. The summed E-state index contributed by atoms with van der Waals surface area (Å²) >= 11 is 0. The lowest BCUT2D eigenvalue weighted by molar-refractivity contribution is -0.0292. The van der Waals surface area contributed by atoms with Crippen LogP contribution in [0.1, 0.15) is 35.8 Å². The Kier molecular flexibility index (Phi) is 5.75. The molecule has 1 fully saturated rings. The van der Waals surface area contributed by atoms with Crippen molar-refractivity contribution < 1.29 is 9.53 Å². The molecule has 168 valence electrons.